The number of ether oxygens (including phenoxy) is 1. The SMILES string of the molecule is CCCCCCCCCOc1cc(N2CCCC2)ccc1N=[NH2+]. The van der Waals surface area contributed by atoms with Gasteiger partial charge in [0, 0.05) is 24.8 Å². The van der Waals surface area contributed by atoms with E-state index in [1.165, 1.54) is 57.1 Å². The first-order valence-electron chi connectivity index (χ1n) is 9.28. The van der Waals surface area contributed by atoms with Crippen LogP contribution in [0, 0.1) is 0 Å². The highest BCUT2D eigenvalue weighted by molar-refractivity contribution is 5.61. The van der Waals surface area contributed by atoms with Crippen molar-refractivity contribution in [1.29, 1.82) is 0 Å². The molecule has 1 aromatic rings. The van der Waals surface area contributed by atoms with Crippen molar-refractivity contribution in [3.8, 4) is 5.75 Å². The van der Waals surface area contributed by atoms with Crippen LogP contribution in [0.25, 0.3) is 0 Å². The van der Waals surface area contributed by atoms with E-state index in [4.69, 9.17) is 10.3 Å². The summed E-state index contributed by atoms with van der Waals surface area (Å²) in [5, 5.41) is 3.84. The van der Waals surface area contributed by atoms with E-state index < -0.39 is 0 Å². The first kappa shape index (κ1) is 17.8. The Bertz CT molecular complexity index is 470. The largest absolute Gasteiger partial charge is 0.491 e. The highest BCUT2D eigenvalue weighted by Crippen LogP contribution is 2.33. The number of rotatable bonds is 11. The predicted octanol–water partition coefficient (Wildman–Crippen LogP) is 4.26. The van der Waals surface area contributed by atoms with Crippen molar-refractivity contribution in [3.05, 3.63) is 18.2 Å². The second-order valence-electron chi connectivity index (χ2n) is 6.45. The Morgan fingerprint density at radius 2 is 1.74 bits per heavy atom. The van der Waals surface area contributed by atoms with E-state index in [2.05, 4.69) is 29.1 Å². The summed E-state index contributed by atoms with van der Waals surface area (Å²) < 4.78 is 5.96. The van der Waals surface area contributed by atoms with Crippen LogP contribution in [0.4, 0.5) is 11.4 Å². The molecular formula is C19H32N3O+. The fourth-order valence-electron chi connectivity index (χ4n) is 3.14. The molecule has 4 nitrogen and oxygen atoms in total. The van der Waals surface area contributed by atoms with Gasteiger partial charge in [-0.25, -0.2) is 0 Å². The zero-order valence-electron chi connectivity index (χ0n) is 14.6. The Morgan fingerprint density at radius 3 is 2.43 bits per heavy atom. The second-order valence-corrected chi connectivity index (χ2v) is 6.45. The predicted molar refractivity (Wildman–Crippen MR) is 95.4 cm³/mol. The summed E-state index contributed by atoms with van der Waals surface area (Å²) in [5.74, 6) is 0.822. The van der Waals surface area contributed by atoms with Gasteiger partial charge in [0.05, 0.1) is 6.61 Å². The van der Waals surface area contributed by atoms with Crippen LogP contribution < -0.4 is 15.2 Å². The maximum atomic E-state index is 5.96. The minimum absolute atomic E-state index is 0.746. The highest BCUT2D eigenvalue weighted by atomic mass is 16.5. The van der Waals surface area contributed by atoms with Crippen LogP contribution in [0.15, 0.2) is 23.3 Å². The van der Waals surface area contributed by atoms with E-state index in [1.54, 1.807) is 0 Å². The summed E-state index contributed by atoms with van der Waals surface area (Å²) in [4.78, 5) is 2.40. The molecule has 0 saturated carbocycles. The topological polar surface area (TPSA) is 50.4 Å². The number of nitrogens with two attached hydrogens (primary N) is 1. The van der Waals surface area contributed by atoms with Gasteiger partial charge in [-0.2, -0.15) is 5.53 Å². The summed E-state index contributed by atoms with van der Waals surface area (Å²) in [7, 11) is 0. The smallest absolute Gasteiger partial charge is 0.171 e. The molecule has 0 radical (unpaired) electrons. The first-order valence-corrected chi connectivity index (χ1v) is 9.28. The summed E-state index contributed by atoms with van der Waals surface area (Å²) in [5.41, 5.74) is 7.46. The number of anilines is 1. The van der Waals surface area contributed by atoms with E-state index in [9.17, 15) is 0 Å². The van der Waals surface area contributed by atoms with Crippen molar-refractivity contribution in [2.75, 3.05) is 24.6 Å². The van der Waals surface area contributed by atoms with Crippen LogP contribution in [0.2, 0.25) is 0 Å². The number of benzene rings is 1. The molecule has 1 aromatic carbocycles. The molecule has 4 heteroatoms. The summed E-state index contributed by atoms with van der Waals surface area (Å²) in [6.45, 7) is 5.27. The van der Waals surface area contributed by atoms with Crippen LogP contribution in [0.1, 0.15) is 64.7 Å². The molecule has 1 saturated heterocycles. The van der Waals surface area contributed by atoms with Crippen molar-refractivity contribution in [1.82, 2.24) is 0 Å². The molecule has 23 heavy (non-hydrogen) atoms. The molecule has 1 aliphatic rings. The maximum absolute atomic E-state index is 5.96. The second kappa shape index (κ2) is 10.2. The monoisotopic (exact) mass is 318 g/mol. The average molecular weight is 318 g/mol. The van der Waals surface area contributed by atoms with Crippen molar-refractivity contribution < 1.29 is 10.3 Å². The van der Waals surface area contributed by atoms with Crippen molar-refractivity contribution in [2.45, 2.75) is 64.7 Å². The average Bonchev–Trinajstić information content (AvgIpc) is 3.11. The normalized spacial score (nSPS) is 14.2. The Kier molecular flexibility index (Phi) is 7.91. The molecule has 128 valence electrons. The highest BCUT2D eigenvalue weighted by Gasteiger charge is 2.15. The van der Waals surface area contributed by atoms with Gasteiger partial charge in [0.15, 0.2) is 11.4 Å². The zero-order valence-corrected chi connectivity index (χ0v) is 14.6. The van der Waals surface area contributed by atoms with Gasteiger partial charge in [-0.05, 0) is 36.5 Å². The molecule has 1 fully saturated rings. The maximum Gasteiger partial charge on any atom is 0.171 e. The van der Waals surface area contributed by atoms with Crippen molar-refractivity contribution >= 4 is 11.4 Å². The lowest BCUT2D eigenvalue weighted by Gasteiger charge is -2.18. The molecule has 1 heterocycles. The number of unbranched alkanes of at least 4 members (excludes halogenated alkanes) is 6. The standard InChI is InChI=1S/C19H31N3O/c1-2-3-4-5-6-7-10-15-23-19-16-17(11-12-18(19)21-20)22-13-8-9-14-22/h11-12,16,20H,2-10,13-15H2,1H3/p+1. The van der Waals surface area contributed by atoms with Gasteiger partial charge in [-0.1, -0.05) is 45.4 Å². The van der Waals surface area contributed by atoms with E-state index >= 15 is 0 Å². The van der Waals surface area contributed by atoms with Crippen LogP contribution in [0.5, 0.6) is 5.75 Å². The summed E-state index contributed by atoms with van der Waals surface area (Å²) in [6.07, 6.45) is 11.6. The third-order valence-corrected chi connectivity index (χ3v) is 4.56. The Morgan fingerprint density at radius 1 is 1.04 bits per heavy atom. The molecule has 0 aromatic heterocycles. The van der Waals surface area contributed by atoms with Gasteiger partial charge in [-0.15, -0.1) is 0 Å². The third kappa shape index (κ3) is 5.85. The molecule has 0 aliphatic carbocycles. The van der Waals surface area contributed by atoms with Gasteiger partial charge in [0.25, 0.3) is 0 Å². The van der Waals surface area contributed by atoms with E-state index in [1.807, 2.05) is 6.07 Å². The van der Waals surface area contributed by atoms with Crippen molar-refractivity contribution in [3.63, 3.8) is 0 Å². The van der Waals surface area contributed by atoms with E-state index in [0.29, 0.717) is 0 Å². The Labute approximate surface area is 140 Å². The van der Waals surface area contributed by atoms with Crippen LogP contribution in [-0.2, 0) is 0 Å². The van der Waals surface area contributed by atoms with Crippen LogP contribution in [0.3, 0.4) is 0 Å². The fourth-order valence-corrected chi connectivity index (χ4v) is 3.14. The molecule has 0 spiro atoms. The number of nitrogens with zero attached hydrogens (tertiary/aromatic N) is 2. The zero-order chi connectivity index (χ0) is 16.3. The third-order valence-electron chi connectivity index (χ3n) is 4.56. The Hall–Kier alpha value is -1.58. The summed E-state index contributed by atoms with van der Waals surface area (Å²) >= 11 is 0. The van der Waals surface area contributed by atoms with Crippen LogP contribution in [-0.4, -0.2) is 19.7 Å². The van der Waals surface area contributed by atoms with Gasteiger partial charge in [-0.3, -0.25) is 0 Å². The summed E-state index contributed by atoms with van der Waals surface area (Å²) in [6, 6.07) is 6.16. The van der Waals surface area contributed by atoms with Crippen molar-refractivity contribution in [2.24, 2.45) is 5.11 Å². The molecule has 0 bridgehead atoms. The fraction of sp³-hybridized carbons (Fsp3) is 0.684. The molecule has 2 rings (SSSR count). The molecule has 2 N–H and O–H groups in total. The minimum atomic E-state index is 0.746. The van der Waals surface area contributed by atoms with E-state index in [-0.39, 0.29) is 0 Å². The quantitative estimate of drug-likeness (QED) is 0.489. The lowest BCUT2D eigenvalue weighted by molar-refractivity contribution is -0.210. The van der Waals surface area contributed by atoms with Gasteiger partial charge < -0.3 is 9.64 Å². The molecule has 0 amide bonds. The lowest BCUT2D eigenvalue weighted by atomic mass is 10.1. The molecule has 0 unspecified atom stereocenters. The first-order chi connectivity index (χ1) is 11.3. The van der Waals surface area contributed by atoms with E-state index in [0.717, 1.165) is 37.6 Å². The van der Waals surface area contributed by atoms with Crippen LogP contribution >= 0.6 is 0 Å². The molecule has 1 aliphatic heterocycles. The molecular weight excluding hydrogens is 286 g/mol. The lowest BCUT2D eigenvalue weighted by Crippen LogP contribution is -2.22. The number of hydrogen-bond donors (Lipinski definition) is 1. The Balaban J connectivity index is 1.76. The van der Waals surface area contributed by atoms with Gasteiger partial charge >= 0.3 is 0 Å². The number of hydrogen-bond acceptors (Lipinski definition) is 3. The van der Waals surface area contributed by atoms with Gasteiger partial charge in [0.2, 0.25) is 0 Å². The minimum Gasteiger partial charge on any atom is -0.491 e. The van der Waals surface area contributed by atoms with Gasteiger partial charge in [0.1, 0.15) is 0 Å². The molecule has 0 atom stereocenters.